The molecule has 0 aromatic rings. The Morgan fingerprint density at radius 3 is 2.32 bits per heavy atom. The molecule has 1 aliphatic carbocycles. The van der Waals surface area contributed by atoms with Gasteiger partial charge in [0.15, 0.2) is 0 Å². The van der Waals surface area contributed by atoms with Gasteiger partial charge in [0.2, 0.25) is 0 Å². The molecule has 0 bridgehead atoms. The molecule has 0 unspecified atom stereocenters. The van der Waals surface area contributed by atoms with Gasteiger partial charge in [0.25, 0.3) is 0 Å². The molecule has 1 N–H and O–H groups in total. The minimum Gasteiger partial charge on any atom is -0.309 e. The predicted molar refractivity (Wildman–Crippen MR) is 83.5 cm³/mol. The summed E-state index contributed by atoms with van der Waals surface area (Å²) in [5.41, 5.74) is 0.401. The first-order valence-electron chi connectivity index (χ1n) is 8.72. The molecular weight excluding hydrogens is 232 g/mol. The quantitative estimate of drug-likeness (QED) is 0.814. The number of piperazine rings is 1. The summed E-state index contributed by atoms with van der Waals surface area (Å²) in [5.74, 6) is 1.03. The molecule has 0 amide bonds. The highest BCUT2D eigenvalue weighted by atomic mass is 15.2. The fourth-order valence-electron chi connectivity index (χ4n) is 4.23. The van der Waals surface area contributed by atoms with Crippen LogP contribution in [-0.4, -0.2) is 36.1 Å². The molecule has 1 saturated carbocycles. The van der Waals surface area contributed by atoms with Crippen LogP contribution in [0.3, 0.4) is 0 Å². The van der Waals surface area contributed by atoms with Crippen LogP contribution >= 0.6 is 0 Å². The highest BCUT2D eigenvalue weighted by molar-refractivity contribution is 4.95. The van der Waals surface area contributed by atoms with E-state index < -0.39 is 0 Å². The van der Waals surface area contributed by atoms with E-state index in [-0.39, 0.29) is 0 Å². The minimum absolute atomic E-state index is 0.401. The molecule has 0 aromatic heterocycles. The molecular formula is C17H34N2. The van der Waals surface area contributed by atoms with Gasteiger partial charge in [-0.25, -0.2) is 0 Å². The lowest BCUT2D eigenvalue weighted by Crippen LogP contribution is -2.62. The first-order valence-corrected chi connectivity index (χ1v) is 8.72. The maximum absolute atomic E-state index is 3.79. The van der Waals surface area contributed by atoms with E-state index in [1.54, 1.807) is 0 Å². The van der Waals surface area contributed by atoms with Gasteiger partial charge in [0, 0.05) is 31.2 Å². The second-order valence-electron chi connectivity index (χ2n) is 6.85. The average Bonchev–Trinajstić information content (AvgIpc) is 2.48. The van der Waals surface area contributed by atoms with E-state index in [0.29, 0.717) is 5.54 Å². The fraction of sp³-hybridized carbons (Fsp3) is 1.00. The summed E-state index contributed by atoms with van der Waals surface area (Å²) >= 11 is 0. The van der Waals surface area contributed by atoms with Crippen molar-refractivity contribution in [2.24, 2.45) is 5.92 Å². The molecule has 1 aliphatic heterocycles. The van der Waals surface area contributed by atoms with E-state index in [9.17, 15) is 0 Å². The van der Waals surface area contributed by atoms with Gasteiger partial charge in [-0.1, -0.05) is 33.6 Å². The Hall–Kier alpha value is -0.0800. The van der Waals surface area contributed by atoms with Crippen molar-refractivity contribution >= 4 is 0 Å². The lowest BCUT2D eigenvalue weighted by atomic mass is 9.81. The zero-order chi connectivity index (χ0) is 13.7. The third-order valence-electron chi connectivity index (χ3n) is 5.79. The van der Waals surface area contributed by atoms with Crippen LogP contribution in [0, 0.1) is 5.92 Å². The van der Waals surface area contributed by atoms with Crippen LogP contribution in [0.4, 0.5) is 0 Å². The molecule has 2 aliphatic rings. The third-order valence-corrected chi connectivity index (χ3v) is 5.79. The van der Waals surface area contributed by atoms with Crippen molar-refractivity contribution in [1.29, 1.82) is 0 Å². The second-order valence-corrected chi connectivity index (χ2v) is 6.85. The van der Waals surface area contributed by atoms with Gasteiger partial charge in [-0.2, -0.15) is 0 Å². The SMILES string of the molecule is CCCC1CCC(N2CCNC(CC)(CC)C2)CC1. The highest BCUT2D eigenvalue weighted by Gasteiger charge is 2.35. The van der Waals surface area contributed by atoms with E-state index in [0.717, 1.165) is 12.0 Å². The molecule has 0 radical (unpaired) electrons. The van der Waals surface area contributed by atoms with Crippen LogP contribution in [-0.2, 0) is 0 Å². The van der Waals surface area contributed by atoms with Crippen LogP contribution in [0.2, 0.25) is 0 Å². The molecule has 0 spiro atoms. The molecule has 1 heterocycles. The van der Waals surface area contributed by atoms with Gasteiger partial charge in [0.05, 0.1) is 0 Å². The molecule has 2 nitrogen and oxygen atoms in total. The van der Waals surface area contributed by atoms with E-state index in [1.165, 1.54) is 71.0 Å². The fourth-order valence-corrected chi connectivity index (χ4v) is 4.23. The molecule has 112 valence electrons. The van der Waals surface area contributed by atoms with Crippen molar-refractivity contribution < 1.29 is 0 Å². The summed E-state index contributed by atoms with van der Waals surface area (Å²) in [6.45, 7) is 10.8. The lowest BCUT2D eigenvalue weighted by Gasteiger charge is -2.47. The summed E-state index contributed by atoms with van der Waals surface area (Å²) in [4.78, 5) is 2.81. The maximum Gasteiger partial charge on any atom is 0.0304 e. The van der Waals surface area contributed by atoms with Gasteiger partial charge in [0.1, 0.15) is 0 Å². The second kappa shape index (κ2) is 7.08. The number of nitrogens with one attached hydrogen (secondary N) is 1. The number of rotatable bonds is 5. The topological polar surface area (TPSA) is 15.3 Å². The Kier molecular flexibility index (Phi) is 5.70. The van der Waals surface area contributed by atoms with Gasteiger partial charge in [-0.15, -0.1) is 0 Å². The van der Waals surface area contributed by atoms with Crippen LogP contribution in [0.1, 0.15) is 72.1 Å². The summed E-state index contributed by atoms with van der Waals surface area (Å²) in [5, 5.41) is 3.79. The number of hydrogen-bond donors (Lipinski definition) is 1. The van der Waals surface area contributed by atoms with Crippen molar-refractivity contribution in [2.45, 2.75) is 83.7 Å². The first kappa shape index (κ1) is 15.3. The van der Waals surface area contributed by atoms with Gasteiger partial charge < -0.3 is 5.32 Å². The van der Waals surface area contributed by atoms with Crippen LogP contribution in [0.15, 0.2) is 0 Å². The van der Waals surface area contributed by atoms with E-state index >= 15 is 0 Å². The molecule has 0 atom stereocenters. The van der Waals surface area contributed by atoms with Crippen LogP contribution in [0.5, 0.6) is 0 Å². The Labute approximate surface area is 120 Å². The lowest BCUT2D eigenvalue weighted by molar-refractivity contribution is 0.0600. The van der Waals surface area contributed by atoms with Crippen molar-refractivity contribution in [3.8, 4) is 0 Å². The summed E-state index contributed by atoms with van der Waals surface area (Å²) < 4.78 is 0. The number of hydrogen-bond acceptors (Lipinski definition) is 2. The molecule has 2 fully saturated rings. The zero-order valence-corrected chi connectivity index (χ0v) is 13.4. The van der Waals surface area contributed by atoms with Crippen molar-refractivity contribution in [1.82, 2.24) is 10.2 Å². The maximum atomic E-state index is 3.79. The van der Waals surface area contributed by atoms with Gasteiger partial charge in [-0.05, 0) is 44.4 Å². The highest BCUT2D eigenvalue weighted by Crippen LogP contribution is 2.32. The summed E-state index contributed by atoms with van der Waals surface area (Å²) in [7, 11) is 0. The van der Waals surface area contributed by atoms with Crippen LogP contribution in [0.25, 0.3) is 0 Å². The molecule has 0 aromatic carbocycles. The van der Waals surface area contributed by atoms with Crippen molar-refractivity contribution in [3.05, 3.63) is 0 Å². The minimum atomic E-state index is 0.401. The Bertz CT molecular complexity index is 252. The molecule has 2 heteroatoms. The summed E-state index contributed by atoms with van der Waals surface area (Å²) in [6, 6.07) is 0.882. The standard InChI is InChI=1S/C17H34N2/c1-4-7-15-8-10-16(11-9-15)19-13-12-18-17(5-2,6-3)14-19/h15-16,18H,4-14H2,1-3H3. The van der Waals surface area contributed by atoms with Gasteiger partial charge in [-0.3, -0.25) is 4.90 Å². The van der Waals surface area contributed by atoms with Crippen molar-refractivity contribution in [2.75, 3.05) is 19.6 Å². The van der Waals surface area contributed by atoms with Gasteiger partial charge >= 0.3 is 0 Å². The smallest absolute Gasteiger partial charge is 0.0304 e. The van der Waals surface area contributed by atoms with E-state index in [2.05, 4.69) is 31.0 Å². The third kappa shape index (κ3) is 3.72. The largest absolute Gasteiger partial charge is 0.309 e. The Morgan fingerprint density at radius 2 is 1.74 bits per heavy atom. The molecule has 19 heavy (non-hydrogen) atoms. The van der Waals surface area contributed by atoms with E-state index in [4.69, 9.17) is 0 Å². The zero-order valence-electron chi connectivity index (χ0n) is 13.4. The summed E-state index contributed by atoms with van der Waals surface area (Å²) in [6.07, 6.45) is 11.2. The molecule has 2 rings (SSSR count). The monoisotopic (exact) mass is 266 g/mol. The Morgan fingerprint density at radius 1 is 1.05 bits per heavy atom. The van der Waals surface area contributed by atoms with Crippen LogP contribution < -0.4 is 5.32 Å². The Balaban J connectivity index is 1.85. The molecule has 1 saturated heterocycles. The van der Waals surface area contributed by atoms with Crippen molar-refractivity contribution in [3.63, 3.8) is 0 Å². The van der Waals surface area contributed by atoms with E-state index in [1.807, 2.05) is 0 Å². The number of nitrogens with zero attached hydrogens (tertiary/aromatic N) is 1. The average molecular weight is 266 g/mol. The predicted octanol–water partition coefficient (Wildman–Crippen LogP) is 3.81. The normalized spacial score (nSPS) is 32.4. The first-order chi connectivity index (χ1) is 9.23.